The van der Waals surface area contributed by atoms with Crippen molar-refractivity contribution in [1.82, 2.24) is 0 Å². The average Bonchev–Trinajstić information content (AvgIpc) is 3.24. The molecule has 0 saturated carbocycles. The molecule has 9 nitrogen and oxygen atoms in total. The average molecular weight is 859 g/mol. The number of esters is 1. The topological polar surface area (TPSA) is 132 Å². The van der Waals surface area contributed by atoms with E-state index in [9.17, 15) is 19.4 Å². The summed E-state index contributed by atoms with van der Waals surface area (Å²) < 4.78 is 33.4. The van der Waals surface area contributed by atoms with E-state index < -0.39 is 45.8 Å². The lowest BCUT2D eigenvalue weighted by molar-refractivity contribution is -0.154. The Morgan fingerprint density at radius 2 is 0.900 bits per heavy atom. The van der Waals surface area contributed by atoms with Crippen molar-refractivity contribution in [2.24, 2.45) is 0 Å². The van der Waals surface area contributed by atoms with Crippen molar-refractivity contribution in [1.29, 1.82) is 0 Å². The fourth-order valence-corrected chi connectivity index (χ4v) is 6.34. The lowest BCUT2D eigenvalue weighted by Gasteiger charge is -2.20. The number of phosphoric ester groups is 1. The molecule has 0 aromatic heterocycles. The van der Waals surface area contributed by atoms with Crippen molar-refractivity contribution < 1.29 is 43.0 Å². The second-order valence-corrected chi connectivity index (χ2v) is 16.1. The fraction of sp³-hybridized carbons (Fsp3) is 0.620. The van der Waals surface area contributed by atoms with Gasteiger partial charge in [-0.15, -0.1) is 0 Å². The molecule has 0 bridgehead atoms. The number of rotatable bonds is 42. The zero-order valence-corrected chi connectivity index (χ0v) is 38.3. The van der Waals surface area contributed by atoms with E-state index in [1.54, 1.807) is 0 Å². The minimum atomic E-state index is -4.54. The van der Waals surface area contributed by atoms with Crippen LogP contribution in [-0.4, -0.2) is 66.3 Å². The summed E-state index contributed by atoms with van der Waals surface area (Å²) in [5, 5.41) is 18.4. The van der Waals surface area contributed by atoms with Gasteiger partial charge in [0.1, 0.15) is 12.2 Å². The molecule has 0 fully saturated rings. The number of carbonyl (C=O) groups is 1. The summed E-state index contributed by atoms with van der Waals surface area (Å²) in [7, 11) is -4.54. The van der Waals surface area contributed by atoms with Crippen molar-refractivity contribution in [3.8, 4) is 0 Å². The first kappa shape index (κ1) is 57.1. The summed E-state index contributed by atoms with van der Waals surface area (Å²) in [6, 6.07) is 0. The number of carbonyl (C=O) groups excluding carboxylic acids is 1. The second kappa shape index (κ2) is 45.6. The number of allylic oxidation sites excluding steroid dienone is 18. The highest BCUT2D eigenvalue weighted by Crippen LogP contribution is 2.43. The molecule has 0 aromatic carbocycles. The van der Waals surface area contributed by atoms with Crippen molar-refractivity contribution in [2.75, 3.05) is 33.0 Å². The van der Waals surface area contributed by atoms with Crippen LogP contribution in [0.25, 0.3) is 0 Å². The quantitative estimate of drug-likeness (QED) is 0.0238. The molecule has 0 amide bonds. The number of hydrogen-bond donors (Lipinski definition) is 3. The molecule has 0 aliphatic heterocycles. The van der Waals surface area contributed by atoms with Gasteiger partial charge in [0.2, 0.25) is 0 Å². The van der Waals surface area contributed by atoms with Gasteiger partial charge in [0.15, 0.2) is 0 Å². The van der Waals surface area contributed by atoms with Crippen LogP contribution in [0, 0.1) is 0 Å². The molecule has 3 atom stereocenters. The molecule has 0 saturated heterocycles. The molecule has 3 N–H and O–H groups in total. The van der Waals surface area contributed by atoms with Crippen molar-refractivity contribution in [2.45, 2.75) is 167 Å². The van der Waals surface area contributed by atoms with Gasteiger partial charge in [-0.25, -0.2) is 4.57 Å². The van der Waals surface area contributed by atoms with E-state index >= 15 is 0 Å². The third kappa shape index (κ3) is 44.7. The molecule has 0 radical (unpaired) electrons. The van der Waals surface area contributed by atoms with Crippen molar-refractivity contribution in [3.05, 3.63) is 109 Å². The highest BCUT2D eigenvalue weighted by Gasteiger charge is 2.26. The van der Waals surface area contributed by atoms with Crippen LogP contribution in [0.15, 0.2) is 109 Å². The molecule has 3 unspecified atom stereocenters. The maximum absolute atomic E-state index is 12.7. The first-order chi connectivity index (χ1) is 29.3. The molecule has 0 rings (SSSR count). The van der Waals surface area contributed by atoms with Crippen LogP contribution in [-0.2, 0) is 27.9 Å². The molecular formula is C50H83O9P. The third-order valence-electron chi connectivity index (χ3n) is 8.95. The van der Waals surface area contributed by atoms with E-state index in [2.05, 4.69) is 123 Å². The summed E-state index contributed by atoms with van der Waals surface area (Å²) in [5.74, 6) is -0.411. The van der Waals surface area contributed by atoms with Gasteiger partial charge in [-0.3, -0.25) is 13.8 Å². The Kier molecular flexibility index (Phi) is 43.5. The number of aliphatic hydroxyl groups excluding tert-OH is 2. The highest BCUT2D eigenvalue weighted by molar-refractivity contribution is 7.47. The fourth-order valence-electron chi connectivity index (χ4n) is 5.55. The maximum Gasteiger partial charge on any atom is 0.472 e. The lowest BCUT2D eigenvalue weighted by atomic mass is 10.1. The summed E-state index contributed by atoms with van der Waals surface area (Å²) in [4.78, 5) is 22.6. The summed E-state index contributed by atoms with van der Waals surface area (Å²) in [5.41, 5.74) is 0. The zero-order chi connectivity index (χ0) is 43.9. The van der Waals surface area contributed by atoms with Crippen LogP contribution in [0.2, 0.25) is 0 Å². The van der Waals surface area contributed by atoms with Gasteiger partial charge in [0, 0.05) is 13.0 Å². The summed E-state index contributed by atoms with van der Waals surface area (Å²) in [6.07, 6.45) is 59.1. The summed E-state index contributed by atoms with van der Waals surface area (Å²) in [6.45, 7) is 3.14. The monoisotopic (exact) mass is 859 g/mol. The first-order valence-electron chi connectivity index (χ1n) is 22.9. The van der Waals surface area contributed by atoms with E-state index in [0.29, 0.717) is 13.0 Å². The lowest BCUT2D eigenvalue weighted by Crippen LogP contribution is -2.29. The van der Waals surface area contributed by atoms with Crippen LogP contribution < -0.4 is 0 Å². The SMILES string of the molecule is CC/C=C\C/C=C\C/C=C\C/C=C\C/C=C\CCCCOCC(COP(=O)(O)OCC(O)CO)OC(=O)CCCCCCCCCC/C=C\C/C=C\C/C=C\C/C=C\CC. The van der Waals surface area contributed by atoms with Gasteiger partial charge in [-0.1, -0.05) is 162 Å². The Morgan fingerprint density at radius 1 is 0.517 bits per heavy atom. The maximum atomic E-state index is 12.7. The number of unbranched alkanes of at least 4 members (excludes halogenated alkanes) is 10. The Balaban J connectivity index is 4.26. The first-order valence-corrected chi connectivity index (χ1v) is 24.4. The van der Waals surface area contributed by atoms with E-state index in [1.165, 1.54) is 25.7 Å². The standard InChI is InChI=1S/C50H83O9P/c1-3-5-7-9-11-13-15-17-19-21-23-24-25-26-28-30-32-34-36-38-40-42-50(53)59-49(47-58-60(54,55)57-45-48(52)44-51)46-56-43-41-39-37-35-33-31-29-27-22-20-18-16-14-12-10-8-6-4-2/h5-8,11-14,17-20,23-24,27,29,33,35,48-49,51-52H,3-4,9-10,15-16,21-22,25-26,28,30-32,34,36-47H2,1-2H3,(H,54,55)/b7-5-,8-6-,13-11-,14-12-,19-17-,20-18-,24-23-,29-27-,35-33-. The Hall–Kier alpha value is -2.88. The molecule has 342 valence electrons. The molecule has 0 aliphatic rings. The Morgan fingerprint density at radius 3 is 1.35 bits per heavy atom. The molecule has 0 heterocycles. The van der Waals surface area contributed by atoms with E-state index in [-0.39, 0.29) is 13.0 Å². The van der Waals surface area contributed by atoms with Gasteiger partial charge in [0.25, 0.3) is 0 Å². The van der Waals surface area contributed by atoms with Gasteiger partial charge in [0.05, 0.1) is 26.4 Å². The van der Waals surface area contributed by atoms with Crippen molar-refractivity contribution in [3.63, 3.8) is 0 Å². The molecule has 0 spiro atoms. The van der Waals surface area contributed by atoms with E-state index in [0.717, 1.165) is 103 Å². The van der Waals surface area contributed by atoms with Gasteiger partial charge < -0.3 is 24.6 Å². The number of ether oxygens (including phenoxy) is 2. The smallest absolute Gasteiger partial charge is 0.457 e. The number of aliphatic hydroxyl groups is 2. The summed E-state index contributed by atoms with van der Waals surface area (Å²) >= 11 is 0. The van der Waals surface area contributed by atoms with Gasteiger partial charge >= 0.3 is 13.8 Å². The molecule has 10 heteroatoms. The molecular weight excluding hydrogens is 776 g/mol. The Labute approximate surface area is 365 Å². The predicted octanol–water partition coefficient (Wildman–Crippen LogP) is 13.0. The second-order valence-electron chi connectivity index (χ2n) is 14.7. The normalized spacial score (nSPS) is 14.9. The minimum absolute atomic E-state index is 0.00889. The number of phosphoric acid groups is 1. The highest BCUT2D eigenvalue weighted by atomic mass is 31.2. The minimum Gasteiger partial charge on any atom is -0.457 e. The molecule has 0 aromatic rings. The van der Waals surface area contributed by atoms with Crippen LogP contribution in [0.3, 0.4) is 0 Å². The predicted molar refractivity (Wildman–Crippen MR) is 251 cm³/mol. The Bertz CT molecular complexity index is 1290. The largest absolute Gasteiger partial charge is 0.472 e. The van der Waals surface area contributed by atoms with Crippen molar-refractivity contribution >= 4 is 13.8 Å². The molecule has 0 aliphatic carbocycles. The van der Waals surface area contributed by atoms with Crippen LogP contribution in [0.4, 0.5) is 0 Å². The van der Waals surface area contributed by atoms with E-state index in [4.69, 9.17) is 23.6 Å². The third-order valence-corrected chi connectivity index (χ3v) is 9.90. The zero-order valence-electron chi connectivity index (χ0n) is 37.4. The molecule has 60 heavy (non-hydrogen) atoms. The van der Waals surface area contributed by atoms with Crippen LogP contribution in [0.1, 0.15) is 155 Å². The van der Waals surface area contributed by atoms with Gasteiger partial charge in [-0.2, -0.15) is 0 Å². The van der Waals surface area contributed by atoms with Crippen LogP contribution >= 0.6 is 7.82 Å². The van der Waals surface area contributed by atoms with Crippen LogP contribution in [0.5, 0.6) is 0 Å². The number of hydrogen-bond acceptors (Lipinski definition) is 8. The van der Waals surface area contributed by atoms with Gasteiger partial charge in [-0.05, 0) is 96.3 Å². The van der Waals surface area contributed by atoms with E-state index in [1.807, 2.05) is 0 Å².